The van der Waals surface area contributed by atoms with Gasteiger partial charge in [0.1, 0.15) is 18.1 Å². The summed E-state index contributed by atoms with van der Waals surface area (Å²) in [4.78, 5) is 56.9. The van der Waals surface area contributed by atoms with Crippen LogP contribution in [0.5, 0.6) is 0 Å². The van der Waals surface area contributed by atoms with Crippen LogP contribution in [0.15, 0.2) is 12.5 Å². The molecule has 0 fully saturated rings. The van der Waals surface area contributed by atoms with Crippen molar-refractivity contribution in [1.29, 1.82) is 0 Å². The lowest BCUT2D eigenvalue weighted by Gasteiger charge is -2.27. The molecule has 1 rings (SSSR count). The Bertz CT molecular complexity index is 793. The Kier molecular flexibility index (Phi) is 13.7. The van der Waals surface area contributed by atoms with Crippen molar-refractivity contribution in [3.05, 3.63) is 18.2 Å². The molecule has 4 atom stereocenters. The first-order valence-corrected chi connectivity index (χ1v) is 13.7. The normalized spacial score (nSPS) is 14.6. The Morgan fingerprint density at radius 3 is 2.15 bits per heavy atom. The van der Waals surface area contributed by atoms with Crippen LogP contribution >= 0.6 is 23.5 Å². The summed E-state index contributed by atoms with van der Waals surface area (Å²) in [5.41, 5.74) is 6.56. The molecule has 4 unspecified atom stereocenters. The Morgan fingerprint density at radius 1 is 1.00 bits per heavy atom. The van der Waals surface area contributed by atoms with Crippen molar-refractivity contribution >= 4 is 47.2 Å². The van der Waals surface area contributed by atoms with Crippen LogP contribution in [-0.2, 0) is 25.6 Å². The first-order valence-electron chi connectivity index (χ1n) is 10.9. The molecule has 1 aromatic heterocycles. The van der Waals surface area contributed by atoms with Gasteiger partial charge in [0.2, 0.25) is 17.7 Å². The third kappa shape index (κ3) is 10.3. The third-order valence-corrected chi connectivity index (χ3v) is 6.34. The largest absolute Gasteiger partial charge is 0.480 e. The molecule has 3 amide bonds. The zero-order chi connectivity index (χ0) is 25.7. The van der Waals surface area contributed by atoms with E-state index in [1.54, 1.807) is 25.6 Å². The molecule has 0 spiro atoms. The summed E-state index contributed by atoms with van der Waals surface area (Å²) >= 11 is 3.04. The number of thioether (sulfide) groups is 2. The fourth-order valence-electron chi connectivity index (χ4n) is 3.02. The van der Waals surface area contributed by atoms with E-state index in [1.807, 2.05) is 12.5 Å². The highest BCUT2D eigenvalue weighted by Gasteiger charge is 2.32. The number of imidazole rings is 1. The predicted octanol–water partition coefficient (Wildman–Crippen LogP) is -0.0193. The molecule has 13 heteroatoms. The van der Waals surface area contributed by atoms with E-state index in [2.05, 4.69) is 25.9 Å². The van der Waals surface area contributed by atoms with Crippen molar-refractivity contribution in [1.82, 2.24) is 25.9 Å². The van der Waals surface area contributed by atoms with Crippen molar-refractivity contribution in [2.45, 2.75) is 57.3 Å². The molecule has 1 heterocycles. The number of rotatable bonds is 16. The smallest absolute Gasteiger partial charge is 0.326 e. The molecule has 1 aromatic rings. The highest BCUT2D eigenvalue weighted by Crippen LogP contribution is 2.08. The number of amides is 3. The summed E-state index contributed by atoms with van der Waals surface area (Å²) < 4.78 is 0. The standard InChI is InChI=1S/C21H36N6O5S2/c1-12(2)17(20(30)25-15(21(31)32)6-8-34-4)27-19(29)16(9-13-10-23-11-24-13)26-18(28)14(22)5-7-33-3/h10-12,14-17H,5-9,22H2,1-4H3,(H,23,24)(H,25,30)(H,26,28)(H,27,29)(H,31,32). The van der Waals surface area contributed by atoms with Crippen molar-refractivity contribution in [3.63, 3.8) is 0 Å². The summed E-state index contributed by atoms with van der Waals surface area (Å²) in [5, 5.41) is 17.3. The Hall–Kier alpha value is -2.25. The van der Waals surface area contributed by atoms with E-state index in [1.165, 1.54) is 24.3 Å². The maximum Gasteiger partial charge on any atom is 0.326 e. The van der Waals surface area contributed by atoms with E-state index in [9.17, 15) is 24.3 Å². The first kappa shape index (κ1) is 29.8. The lowest BCUT2D eigenvalue weighted by molar-refractivity contribution is -0.142. The number of hydrogen-bond acceptors (Lipinski definition) is 8. The summed E-state index contributed by atoms with van der Waals surface area (Å²) in [6.45, 7) is 3.48. The minimum atomic E-state index is -1.14. The SMILES string of the molecule is CSCCC(N)C(=O)NC(Cc1cnc[nH]1)C(=O)NC(C(=O)NC(CCSC)C(=O)O)C(C)C. The van der Waals surface area contributed by atoms with Crippen LogP contribution in [-0.4, -0.2) is 86.9 Å². The van der Waals surface area contributed by atoms with Gasteiger partial charge in [0.15, 0.2) is 0 Å². The molecular formula is C21H36N6O5S2. The van der Waals surface area contributed by atoms with Gasteiger partial charge in [0.05, 0.1) is 12.4 Å². The zero-order valence-electron chi connectivity index (χ0n) is 20.0. The Labute approximate surface area is 208 Å². The second kappa shape index (κ2) is 15.6. The molecule has 0 aliphatic heterocycles. The molecule has 0 saturated carbocycles. The Morgan fingerprint density at radius 2 is 1.62 bits per heavy atom. The van der Waals surface area contributed by atoms with Gasteiger partial charge in [-0.1, -0.05) is 13.8 Å². The van der Waals surface area contributed by atoms with Gasteiger partial charge >= 0.3 is 5.97 Å². The molecule has 0 aromatic carbocycles. The fraction of sp³-hybridized carbons (Fsp3) is 0.667. The summed E-state index contributed by atoms with van der Waals surface area (Å²) in [5.74, 6) is -1.85. The lowest BCUT2D eigenvalue weighted by atomic mass is 10.0. The number of nitrogens with zero attached hydrogens (tertiary/aromatic N) is 1. The molecule has 0 aliphatic rings. The monoisotopic (exact) mass is 516 g/mol. The fourth-order valence-corrected chi connectivity index (χ4v) is 3.98. The summed E-state index contributed by atoms with van der Waals surface area (Å²) in [7, 11) is 0. The van der Waals surface area contributed by atoms with Crippen LogP contribution in [0.4, 0.5) is 0 Å². The molecule has 192 valence electrons. The number of aromatic amines is 1. The van der Waals surface area contributed by atoms with E-state index < -0.39 is 47.9 Å². The van der Waals surface area contributed by atoms with Crippen LogP contribution in [0.1, 0.15) is 32.4 Å². The highest BCUT2D eigenvalue weighted by atomic mass is 32.2. The van der Waals surface area contributed by atoms with Crippen LogP contribution in [0.2, 0.25) is 0 Å². The second-order valence-corrected chi connectivity index (χ2v) is 10.1. The number of aliphatic carboxylic acids is 1. The van der Waals surface area contributed by atoms with E-state index in [4.69, 9.17) is 5.73 Å². The van der Waals surface area contributed by atoms with Gasteiger partial charge in [0.25, 0.3) is 0 Å². The average molecular weight is 517 g/mol. The van der Waals surface area contributed by atoms with Gasteiger partial charge in [-0.15, -0.1) is 0 Å². The maximum absolute atomic E-state index is 13.1. The van der Waals surface area contributed by atoms with Gasteiger partial charge in [0, 0.05) is 18.3 Å². The maximum atomic E-state index is 13.1. The number of H-pyrrole nitrogens is 1. The number of carboxylic acid groups (broad SMARTS) is 1. The third-order valence-electron chi connectivity index (χ3n) is 5.05. The molecule has 0 saturated heterocycles. The number of carboxylic acids is 1. The molecule has 0 bridgehead atoms. The minimum Gasteiger partial charge on any atom is -0.480 e. The number of aromatic nitrogens is 2. The van der Waals surface area contributed by atoms with E-state index in [0.717, 1.165) is 0 Å². The average Bonchev–Trinajstić information content (AvgIpc) is 3.30. The van der Waals surface area contributed by atoms with Gasteiger partial charge in [-0.25, -0.2) is 9.78 Å². The second-order valence-electron chi connectivity index (χ2n) is 8.14. The highest BCUT2D eigenvalue weighted by molar-refractivity contribution is 7.98. The Balaban J connectivity index is 2.96. The van der Waals surface area contributed by atoms with Crippen molar-refractivity contribution < 1.29 is 24.3 Å². The molecular weight excluding hydrogens is 480 g/mol. The number of hydrogen-bond donors (Lipinski definition) is 6. The number of nitrogens with two attached hydrogens (primary N) is 1. The van der Waals surface area contributed by atoms with Crippen LogP contribution in [0.3, 0.4) is 0 Å². The minimum absolute atomic E-state index is 0.116. The summed E-state index contributed by atoms with van der Waals surface area (Å²) in [6.07, 6.45) is 7.58. The van der Waals surface area contributed by atoms with Gasteiger partial charge < -0.3 is 31.8 Å². The van der Waals surface area contributed by atoms with Crippen LogP contribution in [0.25, 0.3) is 0 Å². The van der Waals surface area contributed by atoms with Gasteiger partial charge in [-0.2, -0.15) is 23.5 Å². The molecule has 34 heavy (non-hydrogen) atoms. The van der Waals surface area contributed by atoms with Gasteiger partial charge in [-0.05, 0) is 42.8 Å². The molecule has 0 radical (unpaired) electrons. The van der Waals surface area contributed by atoms with Crippen molar-refractivity contribution in [2.75, 3.05) is 24.0 Å². The van der Waals surface area contributed by atoms with Crippen LogP contribution in [0, 0.1) is 5.92 Å². The van der Waals surface area contributed by atoms with Crippen LogP contribution < -0.4 is 21.7 Å². The van der Waals surface area contributed by atoms with Crippen molar-refractivity contribution in [2.24, 2.45) is 11.7 Å². The topological polar surface area (TPSA) is 179 Å². The van der Waals surface area contributed by atoms with Gasteiger partial charge in [-0.3, -0.25) is 14.4 Å². The van der Waals surface area contributed by atoms with E-state index >= 15 is 0 Å². The molecule has 7 N–H and O–H groups in total. The lowest BCUT2D eigenvalue weighted by Crippen LogP contribution is -2.59. The summed E-state index contributed by atoms with van der Waals surface area (Å²) in [6, 6.07) is -3.83. The van der Waals surface area contributed by atoms with E-state index in [-0.39, 0.29) is 18.8 Å². The number of carbonyl (C=O) groups excluding carboxylic acids is 3. The molecule has 0 aliphatic carbocycles. The zero-order valence-corrected chi connectivity index (χ0v) is 21.6. The number of nitrogens with one attached hydrogen (secondary N) is 4. The van der Waals surface area contributed by atoms with E-state index in [0.29, 0.717) is 23.6 Å². The first-order chi connectivity index (χ1) is 16.1. The molecule has 11 nitrogen and oxygen atoms in total. The predicted molar refractivity (Wildman–Crippen MR) is 135 cm³/mol. The van der Waals surface area contributed by atoms with Crippen molar-refractivity contribution in [3.8, 4) is 0 Å². The number of carbonyl (C=O) groups is 4. The quantitative estimate of drug-likeness (QED) is 0.176.